The second-order valence-corrected chi connectivity index (χ2v) is 6.38. The molecule has 0 spiro atoms. The van der Waals surface area contributed by atoms with Gasteiger partial charge in [-0.1, -0.05) is 6.92 Å². The maximum absolute atomic E-state index is 12.0. The van der Waals surface area contributed by atoms with Crippen LogP contribution in [-0.2, 0) is 4.79 Å². The number of carbonyl (C=O) groups excluding carboxylic acids is 1. The second-order valence-electron chi connectivity index (χ2n) is 6.38. The molecule has 0 bridgehead atoms. The number of nitrogens with zero attached hydrogens (tertiary/aromatic N) is 2. The predicted octanol–water partition coefficient (Wildman–Crippen LogP) is 1.71. The maximum atomic E-state index is 12.0. The van der Waals surface area contributed by atoms with Crippen molar-refractivity contribution >= 4 is 5.91 Å². The van der Waals surface area contributed by atoms with Crippen LogP contribution in [0.4, 0.5) is 0 Å². The molecule has 0 aromatic heterocycles. The summed E-state index contributed by atoms with van der Waals surface area (Å²) in [5.41, 5.74) is 0. The van der Waals surface area contributed by atoms with Crippen molar-refractivity contribution in [3.63, 3.8) is 0 Å². The minimum atomic E-state index is 0.334. The molecule has 20 heavy (non-hydrogen) atoms. The van der Waals surface area contributed by atoms with Crippen LogP contribution in [0.1, 0.15) is 46.0 Å². The fourth-order valence-electron chi connectivity index (χ4n) is 3.48. The molecule has 2 saturated heterocycles. The molecule has 116 valence electrons. The Morgan fingerprint density at radius 1 is 1.25 bits per heavy atom. The monoisotopic (exact) mass is 281 g/mol. The summed E-state index contributed by atoms with van der Waals surface area (Å²) < 4.78 is 0. The van der Waals surface area contributed by atoms with E-state index in [0.29, 0.717) is 18.4 Å². The molecule has 2 unspecified atom stereocenters. The average molecular weight is 281 g/mol. The van der Waals surface area contributed by atoms with Crippen molar-refractivity contribution in [3.8, 4) is 0 Å². The Kier molecular flexibility index (Phi) is 6.30. The minimum Gasteiger partial charge on any atom is -0.343 e. The summed E-state index contributed by atoms with van der Waals surface area (Å²) in [5.74, 6) is 1.08. The van der Waals surface area contributed by atoms with E-state index in [-0.39, 0.29) is 0 Å². The van der Waals surface area contributed by atoms with Gasteiger partial charge in [0.1, 0.15) is 0 Å². The van der Waals surface area contributed by atoms with E-state index in [2.05, 4.69) is 24.1 Å². The third-order valence-corrected chi connectivity index (χ3v) is 4.96. The highest BCUT2D eigenvalue weighted by Crippen LogP contribution is 2.19. The van der Waals surface area contributed by atoms with Gasteiger partial charge in [-0.2, -0.15) is 0 Å². The van der Waals surface area contributed by atoms with Gasteiger partial charge in [0, 0.05) is 38.6 Å². The number of hydrogen-bond donors (Lipinski definition) is 1. The standard InChI is InChI=1S/C16H31N3O/c1-3-18-10-6-7-15(13-18)14(2)17-9-8-16(20)19-11-4-5-12-19/h14-15,17H,3-13H2,1-2H3. The van der Waals surface area contributed by atoms with E-state index in [1.807, 2.05) is 4.90 Å². The first-order chi connectivity index (χ1) is 9.70. The van der Waals surface area contributed by atoms with E-state index in [1.54, 1.807) is 0 Å². The summed E-state index contributed by atoms with van der Waals surface area (Å²) in [6.07, 6.45) is 5.67. The van der Waals surface area contributed by atoms with Gasteiger partial charge in [-0.15, -0.1) is 0 Å². The lowest BCUT2D eigenvalue weighted by atomic mass is 9.91. The zero-order chi connectivity index (χ0) is 14.4. The molecule has 2 heterocycles. The van der Waals surface area contributed by atoms with Crippen LogP contribution < -0.4 is 5.32 Å². The second kappa shape index (κ2) is 7.99. The molecule has 0 aromatic rings. The molecule has 1 N–H and O–H groups in total. The van der Waals surface area contributed by atoms with Crippen LogP contribution in [0.5, 0.6) is 0 Å². The number of rotatable bonds is 6. The maximum Gasteiger partial charge on any atom is 0.223 e. The zero-order valence-corrected chi connectivity index (χ0v) is 13.2. The fraction of sp³-hybridized carbons (Fsp3) is 0.938. The van der Waals surface area contributed by atoms with Gasteiger partial charge in [-0.25, -0.2) is 0 Å². The molecule has 4 heteroatoms. The Bertz CT molecular complexity index is 302. The van der Waals surface area contributed by atoms with Crippen LogP contribution in [0.3, 0.4) is 0 Å². The van der Waals surface area contributed by atoms with E-state index >= 15 is 0 Å². The lowest BCUT2D eigenvalue weighted by molar-refractivity contribution is -0.130. The van der Waals surface area contributed by atoms with Crippen LogP contribution in [0, 0.1) is 5.92 Å². The van der Waals surface area contributed by atoms with Crippen LogP contribution in [0.25, 0.3) is 0 Å². The largest absolute Gasteiger partial charge is 0.343 e. The molecular formula is C16H31N3O. The first-order valence-corrected chi connectivity index (χ1v) is 8.44. The highest BCUT2D eigenvalue weighted by molar-refractivity contribution is 5.76. The third-order valence-electron chi connectivity index (χ3n) is 4.96. The van der Waals surface area contributed by atoms with Crippen molar-refractivity contribution in [3.05, 3.63) is 0 Å². The van der Waals surface area contributed by atoms with Crippen molar-refractivity contribution in [1.82, 2.24) is 15.1 Å². The molecule has 2 atom stereocenters. The lowest BCUT2D eigenvalue weighted by Gasteiger charge is -2.35. The van der Waals surface area contributed by atoms with Gasteiger partial charge >= 0.3 is 0 Å². The normalized spacial score (nSPS) is 25.9. The number of nitrogens with one attached hydrogen (secondary N) is 1. The van der Waals surface area contributed by atoms with E-state index in [9.17, 15) is 4.79 Å². The number of amides is 1. The number of hydrogen-bond acceptors (Lipinski definition) is 3. The van der Waals surface area contributed by atoms with Gasteiger partial charge < -0.3 is 15.1 Å². The first-order valence-electron chi connectivity index (χ1n) is 8.44. The Labute approximate surface area is 123 Å². The minimum absolute atomic E-state index is 0.334. The lowest BCUT2D eigenvalue weighted by Crippen LogP contribution is -2.45. The summed E-state index contributed by atoms with van der Waals surface area (Å²) in [5, 5.41) is 3.58. The highest BCUT2D eigenvalue weighted by Gasteiger charge is 2.24. The molecule has 0 aliphatic carbocycles. The zero-order valence-electron chi connectivity index (χ0n) is 13.2. The Morgan fingerprint density at radius 2 is 2.00 bits per heavy atom. The van der Waals surface area contributed by atoms with Gasteiger partial charge in [0.2, 0.25) is 5.91 Å². The summed E-state index contributed by atoms with van der Waals surface area (Å²) in [4.78, 5) is 16.5. The third kappa shape index (κ3) is 4.45. The average Bonchev–Trinajstić information content (AvgIpc) is 3.01. The fourth-order valence-corrected chi connectivity index (χ4v) is 3.48. The van der Waals surface area contributed by atoms with Crippen molar-refractivity contribution < 1.29 is 4.79 Å². The number of carbonyl (C=O) groups is 1. The van der Waals surface area contributed by atoms with E-state index in [4.69, 9.17) is 0 Å². The predicted molar refractivity (Wildman–Crippen MR) is 82.7 cm³/mol. The smallest absolute Gasteiger partial charge is 0.223 e. The van der Waals surface area contributed by atoms with E-state index < -0.39 is 0 Å². The molecule has 0 aromatic carbocycles. The van der Waals surface area contributed by atoms with Crippen LogP contribution >= 0.6 is 0 Å². The summed E-state index contributed by atoms with van der Waals surface area (Å²) in [6, 6.07) is 0.524. The topological polar surface area (TPSA) is 35.6 Å². The number of likely N-dealkylation sites (tertiary alicyclic amines) is 2. The quantitative estimate of drug-likeness (QED) is 0.805. The summed E-state index contributed by atoms with van der Waals surface area (Å²) in [7, 11) is 0. The Hall–Kier alpha value is -0.610. The summed E-state index contributed by atoms with van der Waals surface area (Å²) in [6.45, 7) is 10.9. The summed E-state index contributed by atoms with van der Waals surface area (Å²) >= 11 is 0. The van der Waals surface area contributed by atoms with E-state index in [1.165, 1.54) is 38.8 Å². The van der Waals surface area contributed by atoms with Gasteiger partial charge in [0.25, 0.3) is 0 Å². The molecule has 2 fully saturated rings. The Morgan fingerprint density at radius 3 is 2.70 bits per heavy atom. The van der Waals surface area contributed by atoms with Gasteiger partial charge in [0.15, 0.2) is 0 Å². The molecule has 0 radical (unpaired) electrons. The van der Waals surface area contributed by atoms with Crippen LogP contribution in [-0.4, -0.2) is 61.0 Å². The Balaban J connectivity index is 1.64. The van der Waals surface area contributed by atoms with Crippen LogP contribution in [0.15, 0.2) is 0 Å². The molecular weight excluding hydrogens is 250 g/mol. The van der Waals surface area contributed by atoms with Crippen molar-refractivity contribution in [1.29, 1.82) is 0 Å². The molecule has 0 saturated carbocycles. The molecule has 2 rings (SSSR count). The van der Waals surface area contributed by atoms with Crippen LogP contribution in [0.2, 0.25) is 0 Å². The van der Waals surface area contributed by atoms with Crippen molar-refractivity contribution in [2.75, 3.05) is 39.3 Å². The SMILES string of the molecule is CCN1CCCC(C(C)NCCC(=O)N2CCCC2)C1. The van der Waals surface area contributed by atoms with Gasteiger partial charge in [-0.3, -0.25) is 4.79 Å². The van der Waals surface area contributed by atoms with Gasteiger partial charge in [-0.05, 0) is 51.6 Å². The van der Waals surface area contributed by atoms with Crippen molar-refractivity contribution in [2.45, 2.75) is 52.0 Å². The van der Waals surface area contributed by atoms with Gasteiger partial charge in [0.05, 0.1) is 0 Å². The highest BCUT2D eigenvalue weighted by atomic mass is 16.2. The molecule has 2 aliphatic heterocycles. The van der Waals surface area contributed by atoms with Crippen molar-refractivity contribution in [2.24, 2.45) is 5.92 Å². The molecule has 2 aliphatic rings. The molecule has 1 amide bonds. The first kappa shape index (κ1) is 15.8. The number of piperidine rings is 1. The van der Waals surface area contributed by atoms with E-state index in [0.717, 1.165) is 32.1 Å². The molecule has 4 nitrogen and oxygen atoms in total.